The number of aromatic carboxylic acids is 1. The summed E-state index contributed by atoms with van der Waals surface area (Å²) in [6.45, 7) is 2.61. The van der Waals surface area contributed by atoms with E-state index in [1.54, 1.807) is 23.1 Å². The summed E-state index contributed by atoms with van der Waals surface area (Å²) in [6.07, 6.45) is 1.66. The van der Waals surface area contributed by atoms with Crippen molar-refractivity contribution in [3.63, 3.8) is 0 Å². The van der Waals surface area contributed by atoms with Crippen LogP contribution in [0.3, 0.4) is 0 Å². The zero-order valence-corrected chi connectivity index (χ0v) is 12.4. The number of nitrogens with zero attached hydrogens (tertiary/aromatic N) is 1. The molecule has 0 unspecified atom stereocenters. The second-order valence-electron chi connectivity index (χ2n) is 5.14. The number of fused-ring (bicyclic) bond motifs is 1. The van der Waals surface area contributed by atoms with Gasteiger partial charge in [-0.15, -0.1) is 11.3 Å². The van der Waals surface area contributed by atoms with Gasteiger partial charge in [-0.2, -0.15) is 0 Å². The van der Waals surface area contributed by atoms with Crippen LogP contribution in [0.5, 0.6) is 0 Å². The largest absolute Gasteiger partial charge is 0.478 e. The summed E-state index contributed by atoms with van der Waals surface area (Å²) in [5, 5.41) is 11.0. The Morgan fingerprint density at radius 1 is 1.29 bits per heavy atom. The van der Waals surface area contributed by atoms with Gasteiger partial charge in [0.25, 0.3) is 5.91 Å². The fourth-order valence-electron chi connectivity index (χ4n) is 2.66. The number of anilines is 1. The molecule has 1 aromatic heterocycles. The first-order valence-electron chi connectivity index (χ1n) is 6.80. The minimum absolute atomic E-state index is 0.00604. The summed E-state index contributed by atoms with van der Waals surface area (Å²) in [4.78, 5) is 26.3. The molecule has 2 heterocycles. The van der Waals surface area contributed by atoms with E-state index in [-0.39, 0.29) is 11.5 Å². The van der Waals surface area contributed by atoms with Gasteiger partial charge < -0.3 is 10.0 Å². The highest BCUT2D eigenvalue weighted by molar-refractivity contribution is 7.12. The van der Waals surface area contributed by atoms with Crippen molar-refractivity contribution in [1.29, 1.82) is 0 Å². The Balaban J connectivity index is 1.99. The molecule has 0 radical (unpaired) electrons. The molecule has 0 aliphatic carbocycles. The van der Waals surface area contributed by atoms with Crippen LogP contribution >= 0.6 is 11.3 Å². The Morgan fingerprint density at radius 2 is 2.10 bits per heavy atom. The van der Waals surface area contributed by atoms with E-state index >= 15 is 0 Å². The third-order valence-corrected chi connectivity index (χ3v) is 4.75. The van der Waals surface area contributed by atoms with E-state index in [0.29, 0.717) is 6.54 Å². The van der Waals surface area contributed by atoms with Crippen molar-refractivity contribution in [2.75, 3.05) is 11.4 Å². The number of carbonyl (C=O) groups is 2. The van der Waals surface area contributed by atoms with Gasteiger partial charge in [-0.1, -0.05) is 0 Å². The lowest BCUT2D eigenvalue weighted by Crippen LogP contribution is -2.35. The number of rotatable bonds is 2. The quantitative estimate of drug-likeness (QED) is 0.925. The topological polar surface area (TPSA) is 57.6 Å². The van der Waals surface area contributed by atoms with Gasteiger partial charge in [0, 0.05) is 12.2 Å². The first kappa shape index (κ1) is 13.8. The summed E-state index contributed by atoms with van der Waals surface area (Å²) >= 11 is 1.45. The maximum atomic E-state index is 12.7. The van der Waals surface area contributed by atoms with E-state index in [4.69, 9.17) is 5.11 Å². The lowest BCUT2D eigenvalue weighted by atomic mass is 9.99. The molecule has 0 spiro atoms. The Bertz CT molecular complexity index is 720. The van der Waals surface area contributed by atoms with Crippen LogP contribution < -0.4 is 4.90 Å². The van der Waals surface area contributed by atoms with Crippen molar-refractivity contribution >= 4 is 28.9 Å². The third kappa shape index (κ3) is 2.45. The van der Waals surface area contributed by atoms with Crippen LogP contribution in [-0.4, -0.2) is 23.5 Å². The molecule has 0 atom stereocenters. The number of carboxylic acid groups (broad SMARTS) is 1. The number of thiophene rings is 1. The van der Waals surface area contributed by atoms with E-state index in [0.717, 1.165) is 34.5 Å². The molecule has 1 aliphatic rings. The van der Waals surface area contributed by atoms with Crippen molar-refractivity contribution in [2.24, 2.45) is 0 Å². The predicted molar refractivity (Wildman–Crippen MR) is 82.5 cm³/mol. The molecule has 0 fully saturated rings. The predicted octanol–water partition coefficient (Wildman–Crippen LogP) is 3.35. The van der Waals surface area contributed by atoms with Crippen LogP contribution in [0.2, 0.25) is 0 Å². The number of carbonyl (C=O) groups excluding carboxylic acids is 1. The molecule has 1 aliphatic heterocycles. The van der Waals surface area contributed by atoms with E-state index in [9.17, 15) is 9.59 Å². The highest BCUT2D eigenvalue weighted by Crippen LogP contribution is 2.31. The lowest BCUT2D eigenvalue weighted by molar-refractivity contribution is 0.0696. The summed E-state index contributed by atoms with van der Waals surface area (Å²) in [5.41, 5.74) is 3.03. The smallest absolute Gasteiger partial charge is 0.335 e. The minimum atomic E-state index is -0.935. The molecule has 1 N–H and O–H groups in total. The lowest BCUT2D eigenvalue weighted by Gasteiger charge is -2.29. The fourth-order valence-corrected chi connectivity index (χ4v) is 3.53. The van der Waals surface area contributed by atoms with E-state index < -0.39 is 5.97 Å². The first-order valence-corrected chi connectivity index (χ1v) is 7.68. The molecular weight excluding hydrogens is 286 g/mol. The van der Waals surface area contributed by atoms with Gasteiger partial charge in [-0.3, -0.25) is 4.79 Å². The first-order chi connectivity index (χ1) is 10.1. The second kappa shape index (κ2) is 5.33. The van der Waals surface area contributed by atoms with Crippen molar-refractivity contribution in [3.8, 4) is 0 Å². The van der Waals surface area contributed by atoms with Crippen molar-refractivity contribution < 1.29 is 14.7 Å². The van der Waals surface area contributed by atoms with E-state index in [1.807, 2.05) is 18.4 Å². The van der Waals surface area contributed by atoms with Crippen molar-refractivity contribution in [2.45, 2.75) is 19.8 Å². The highest BCUT2D eigenvalue weighted by atomic mass is 32.1. The Morgan fingerprint density at radius 3 is 2.76 bits per heavy atom. The summed E-state index contributed by atoms with van der Waals surface area (Å²) in [5.74, 6) is -0.929. The standard InChI is InChI=1S/C16H15NO3S/c1-10-6-8-21-14(10)15(18)17-7-2-3-11-9-12(16(19)20)4-5-13(11)17/h4-6,8-9H,2-3,7H2,1H3,(H,19,20). The highest BCUT2D eigenvalue weighted by Gasteiger charge is 2.25. The number of amides is 1. The molecule has 21 heavy (non-hydrogen) atoms. The van der Waals surface area contributed by atoms with Crippen LogP contribution in [0.4, 0.5) is 5.69 Å². The summed E-state index contributed by atoms with van der Waals surface area (Å²) in [7, 11) is 0. The molecule has 1 aromatic carbocycles. The van der Waals surface area contributed by atoms with E-state index in [1.165, 1.54) is 11.3 Å². The molecule has 1 amide bonds. The average molecular weight is 301 g/mol. The van der Waals surface area contributed by atoms with Crippen LogP contribution in [0.15, 0.2) is 29.6 Å². The maximum Gasteiger partial charge on any atom is 0.335 e. The number of benzene rings is 1. The second-order valence-corrected chi connectivity index (χ2v) is 6.06. The molecule has 5 heteroatoms. The zero-order chi connectivity index (χ0) is 15.0. The Labute approximate surface area is 126 Å². The molecular formula is C16H15NO3S. The van der Waals surface area contributed by atoms with Crippen molar-refractivity contribution in [3.05, 3.63) is 51.2 Å². The zero-order valence-electron chi connectivity index (χ0n) is 11.6. The molecule has 4 nitrogen and oxygen atoms in total. The molecule has 0 saturated carbocycles. The van der Waals surface area contributed by atoms with Gasteiger partial charge in [0.2, 0.25) is 0 Å². The van der Waals surface area contributed by atoms with Crippen LogP contribution in [0.25, 0.3) is 0 Å². The van der Waals surface area contributed by atoms with Gasteiger partial charge in [0.05, 0.1) is 10.4 Å². The number of hydrogen-bond donors (Lipinski definition) is 1. The summed E-state index contributed by atoms with van der Waals surface area (Å²) in [6, 6.07) is 6.93. The van der Waals surface area contributed by atoms with Crippen LogP contribution in [0, 0.1) is 6.92 Å². The van der Waals surface area contributed by atoms with E-state index in [2.05, 4.69) is 0 Å². The molecule has 0 bridgehead atoms. The fraction of sp³-hybridized carbons (Fsp3) is 0.250. The van der Waals surface area contributed by atoms with Gasteiger partial charge in [-0.05, 0) is 60.5 Å². The van der Waals surface area contributed by atoms with Crippen LogP contribution in [-0.2, 0) is 6.42 Å². The number of carboxylic acids is 1. The Kier molecular flexibility index (Phi) is 3.51. The van der Waals surface area contributed by atoms with Gasteiger partial charge in [0.15, 0.2) is 0 Å². The molecule has 108 valence electrons. The SMILES string of the molecule is Cc1ccsc1C(=O)N1CCCc2cc(C(=O)O)ccc21. The van der Waals surface area contributed by atoms with Gasteiger partial charge in [0.1, 0.15) is 0 Å². The van der Waals surface area contributed by atoms with Crippen molar-refractivity contribution in [1.82, 2.24) is 0 Å². The van der Waals surface area contributed by atoms with Gasteiger partial charge in [-0.25, -0.2) is 4.79 Å². The third-order valence-electron chi connectivity index (χ3n) is 3.75. The molecule has 0 saturated heterocycles. The maximum absolute atomic E-state index is 12.7. The minimum Gasteiger partial charge on any atom is -0.478 e. The number of aryl methyl sites for hydroxylation is 2. The monoisotopic (exact) mass is 301 g/mol. The van der Waals surface area contributed by atoms with Crippen LogP contribution in [0.1, 0.15) is 37.6 Å². The number of hydrogen-bond acceptors (Lipinski definition) is 3. The molecule has 2 aromatic rings. The Hall–Kier alpha value is -2.14. The van der Waals surface area contributed by atoms with Gasteiger partial charge >= 0.3 is 5.97 Å². The molecule has 3 rings (SSSR count). The average Bonchev–Trinajstić information content (AvgIpc) is 2.91. The normalized spacial score (nSPS) is 13.9. The summed E-state index contributed by atoms with van der Waals surface area (Å²) < 4.78 is 0.